The molecule has 0 radical (unpaired) electrons. The molecule has 44 valence electrons. The fourth-order valence-electron chi connectivity index (χ4n) is 0.491. The van der Waals surface area contributed by atoms with Crippen molar-refractivity contribution >= 4 is 0 Å². The van der Waals surface area contributed by atoms with Gasteiger partial charge in [0.05, 0.1) is 6.54 Å². The standard InChI is InChI=1S/C4H8N4/c5-8-3-4-6-1-2-7-4/h1-2,8H,3,5H2,(H,6,7). The minimum Gasteiger partial charge on any atom is -0.347 e. The van der Waals surface area contributed by atoms with Crippen molar-refractivity contribution in [3.63, 3.8) is 0 Å². The van der Waals surface area contributed by atoms with Gasteiger partial charge in [0.1, 0.15) is 5.82 Å². The number of hydrogen-bond donors (Lipinski definition) is 3. The van der Waals surface area contributed by atoms with Gasteiger partial charge in [0.15, 0.2) is 0 Å². The lowest BCUT2D eigenvalue weighted by Crippen LogP contribution is -2.21. The number of hydrazine groups is 1. The summed E-state index contributed by atoms with van der Waals surface area (Å²) < 4.78 is 0. The molecular weight excluding hydrogens is 104 g/mol. The lowest BCUT2D eigenvalue weighted by Gasteiger charge is -1.89. The average molecular weight is 112 g/mol. The molecule has 0 saturated carbocycles. The summed E-state index contributed by atoms with van der Waals surface area (Å²) in [7, 11) is 0. The van der Waals surface area contributed by atoms with Gasteiger partial charge >= 0.3 is 0 Å². The summed E-state index contributed by atoms with van der Waals surface area (Å²) in [6.45, 7) is 0.590. The SMILES string of the molecule is NNCc1ncc[nH]1. The maximum absolute atomic E-state index is 5.01. The van der Waals surface area contributed by atoms with E-state index in [1.807, 2.05) is 0 Å². The first kappa shape index (κ1) is 5.27. The molecule has 0 fully saturated rings. The van der Waals surface area contributed by atoms with Crippen molar-refractivity contribution in [1.29, 1.82) is 0 Å². The minimum absolute atomic E-state index is 0.590. The normalized spacial score (nSPS) is 9.62. The molecule has 0 unspecified atom stereocenters. The van der Waals surface area contributed by atoms with E-state index < -0.39 is 0 Å². The Morgan fingerprint density at radius 1 is 1.88 bits per heavy atom. The van der Waals surface area contributed by atoms with E-state index in [0.717, 1.165) is 5.82 Å². The molecule has 0 bridgehead atoms. The van der Waals surface area contributed by atoms with Gasteiger partial charge in [0.2, 0.25) is 0 Å². The summed E-state index contributed by atoms with van der Waals surface area (Å²) in [4.78, 5) is 6.79. The van der Waals surface area contributed by atoms with E-state index in [4.69, 9.17) is 5.84 Å². The molecule has 4 heteroatoms. The Bertz CT molecular complexity index is 134. The second-order valence-corrected chi connectivity index (χ2v) is 1.42. The molecule has 0 aliphatic heterocycles. The smallest absolute Gasteiger partial charge is 0.121 e. The van der Waals surface area contributed by atoms with Crippen LogP contribution in [0.15, 0.2) is 12.4 Å². The first-order chi connectivity index (χ1) is 3.93. The van der Waals surface area contributed by atoms with Crippen molar-refractivity contribution in [1.82, 2.24) is 15.4 Å². The molecule has 4 nitrogen and oxygen atoms in total. The van der Waals surface area contributed by atoms with E-state index in [9.17, 15) is 0 Å². The number of nitrogens with one attached hydrogen (secondary N) is 2. The summed E-state index contributed by atoms with van der Waals surface area (Å²) >= 11 is 0. The van der Waals surface area contributed by atoms with Crippen LogP contribution < -0.4 is 11.3 Å². The first-order valence-corrected chi connectivity index (χ1v) is 2.35. The predicted molar refractivity (Wildman–Crippen MR) is 29.6 cm³/mol. The van der Waals surface area contributed by atoms with Gasteiger partial charge in [0.25, 0.3) is 0 Å². The zero-order valence-electron chi connectivity index (χ0n) is 4.39. The van der Waals surface area contributed by atoms with Gasteiger partial charge in [-0.1, -0.05) is 0 Å². The molecule has 0 aliphatic carbocycles. The highest BCUT2D eigenvalue weighted by molar-refractivity contribution is 4.84. The van der Waals surface area contributed by atoms with Gasteiger partial charge in [-0.25, -0.2) is 4.98 Å². The topological polar surface area (TPSA) is 66.7 Å². The molecule has 0 saturated heterocycles. The fourth-order valence-corrected chi connectivity index (χ4v) is 0.491. The summed E-state index contributed by atoms with van der Waals surface area (Å²) in [6, 6.07) is 0. The van der Waals surface area contributed by atoms with Crippen LogP contribution in [0.5, 0.6) is 0 Å². The Morgan fingerprint density at radius 3 is 3.25 bits per heavy atom. The molecule has 1 heterocycles. The third-order valence-electron chi connectivity index (χ3n) is 0.824. The van der Waals surface area contributed by atoms with Crippen molar-refractivity contribution in [2.75, 3.05) is 0 Å². The van der Waals surface area contributed by atoms with Gasteiger partial charge in [-0.3, -0.25) is 11.3 Å². The number of imidazole rings is 1. The second-order valence-electron chi connectivity index (χ2n) is 1.42. The number of hydrogen-bond acceptors (Lipinski definition) is 3. The molecule has 0 aliphatic rings. The highest BCUT2D eigenvalue weighted by Gasteiger charge is 1.86. The maximum atomic E-state index is 5.01. The minimum atomic E-state index is 0.590. The van der Waals surface area contributed by atoms with Crippen molar-refractivity contribution in [3.8, 4) is 0 Å². The zero-order valence-corrected chi connectivity index (χ0v) is 4.39. The van der Waals surface area contributed by atoms with Crippen LogP contribution in [-0.2, 0) is 6.54 Å². The van der Waals surface area contributed by atoms with Crippen LogP contribution in [0.1, 0.15) is 5.82 Å². The molecule has 0 atom stereocenters. The van der Waals surface area contributed by atoms with Crippen molar-refractivity contribution in [2.24, 2.45) is 5.84 Å². The summed E-state index contributed by atoms with van der Waals surface area (Å²) in [6.07, 6.45) is 3.44. The van der Waals surface area contributed by atoms with Crippen molar-refractivity contribution < 1.29 is 0 Å². The number of nitrogens with two attached hydrogens (primary N) is 1. The van der Waals surface area contributed by atoms with Crippen molar-refractivity contribution in [3.05, 3.63) is 18.2 Å². The number of aromatic amines is 1. The van der Waals surface area contributed by atoms with Crippen LogP contribution >= 0.6 is 0 Å². The van der Waals surface area contributed by atoms with E-state index in [0.29, 0.717) is 6.54 Å². The molecule has 1 aromatic heterocycles. The largest absolute Gasteiger partial charge is 0.347 e. The van der Waals surface area contributed by atoms with Crippen molar-refractivity contribution in [2.45, 2.75) is 6.54 Å². The third kappa shape index (κ3) is 1.05. The lowest BCUT2D eigenvalue weighted by molar-refractivity contribution is 0.709. The molecule has 4 N–H and O–H groups in total. The van der Waals surface area contributed by atoms with Gasteiger partial charge < -0.3 is 4.98 Å². The highest BCUT2D eigenvalue weighted by atomic mass is 15.2. The molecule has 0 spiro atoms. The van der Waals surface area contributed by atoms with Crippen LogP contribution in [0.2, 0.25) is 0 Å². The average Bonchev–Trinajstić information content (AvgIpc) is 2.19. The lowest BCUT2D eigenvalue weighted by atomic mass is 10.6. The van der Waals surface area contributed by atoms with E-state index >= 15 is 0 Å². The quantitative estimate of drug-likeness (QED) is 0.352. The molecule has 0 aromatic carbocycles. The summed E-state index contributed by atoms with van der Waals surface area (Å²) in [5, 5.41) is 0. The summed E-state index contributed by atoms with van der Waals surface area (Å²) in [5.74, 6) is 5.86. The monoisotopic (exact) mass is 112 g/mol. The van der Waals surface area contributed by atoms with Gasteiger partial charge in [0, 0.05) is 12.4 Å². The van der Waals surface area contributed by atoms with E-state index in [2.05, 4.69) is 15.4 Å². The molecule has 1 aromatic rings. The number of H-pyrrole nitrogens is 1. The molecule has 0 amide bonds. The Morgan fingerprint density at radius 2 is 2.75 bits per heavy atom. The maximum Gasteiger partial charge on any atom is 0.121 e. The predicted octanol–water partition coefficient (Wildman–Crippen LogP) is -0.627. The number of rotatable bonds is 2. The number of nitrogens with zero attached hydrogens (tertiary/aromatic N) is 1. The number of aromatic nitrogens is 2. The second kappa shape index (κ2) is 2.44. The fraction of sp³-hybridized carbons (Fsp3) is 0.250. The summed E-state index contributed by atoms with van der Waals surface area (Å²) in [5.41, 5.74) is 2.48. The van der Waals surface area contributed by atoms with Crippen LogP contribution in [0.25, 0.3) is 0 Å². The Labute approximate surface area is 47.1 Å². The van der Waals surface area contributed by atoms with Gasteiger partial charge in [-0.2, -0.15) is 0 Å². The Hall–Kier alpha value is -0.870. The van der Waals surface area contributed by atoms with E-state index in [-0.39, 0.29) is 0 Å². The zero-order chi connectivity index (χ0) is 5.82. The van der Waals surface area contributed by atoms with Gasteiger partial charge in [-0.05, 0) is 0 Å². The van der Waals surface area contributed by atoms with E-state index in [1.54, 1.807) is 12.4 Å². The molecular formula is C4H8N4. The van der Waals surface area contributed by atoms with E-state index in [1.165, 1.54) is 0 Å². The Balaban J connectivity index is 2.50. The first-order valence-electron chi connectivity index (χ1n) is 2.35. The third-order valence-corrected chi connectivity index (χ3v) is 0.824. The highest BCUT2D eigenvalue weighted by Crippen LogP contribution is 1.83. The molecule has 1 rings (SSSR count). The van der Waals surface area contributed by atoms with Crippen LogP contribution in [0, 0.1) is 0 Å². The van der Waals surface area contributed by atoms with Crippen LogP contribution in [0.3, 0.4) is 0 Å². The van der Waals surface area contributed by atoms with Crippen LogP contribution in [0.4, 0.5) is 0 Å². The van der Waals surface area contributed by atoms with Gasteiger partial charge in [-0.15, -0.1) is 0 Å². The van der Waals surface area contributed by atoms with Crippen LogP contribution in [-0.4, -0.2) is 9.97 Å². The molecule has 8 heavy (non-hydrogen) atoms. The Kier molecular flexibility index (Phi) is 1.61.